The van der Waals surface area contributed by atoms with Gasteiger partial charge < -0.3 is 10.6 Å². The number of hydrogen-bond donors (Lipinski definition) is 2. The zero-order chi connectivity index (χ0) is 26.7. The van der Waals surface area contributed by atoms with Gasteiger partial charge in [-0.25, -0.2) is 9.36 Å². The van der Waals surface area contributed by atoms with E-state index >= 15 is 0 Å². The van der Waals surface area contributed by atoms with Gasteiger partial charge in [-0.3, -0.25) is 9.59 Å². The summed E-state index contributed by atoms with van der Waals surface area (Å²) in [5, 5.41) is 13.5. The molecule has 0 aliphatic heterocycles. The Labute approximate surface area is 216 Å². The molecule has 2 heterocycles. The van der Waals surface area contributed by atoms with Gasteiger partial charge in [0.25, 0.3) is 5.91 Å². The SMILES string of the molecule is O=C(NCCNC(=O)C1CCc2nn(-c3ccccc3)cc2C1)c1cn(-c2ccccc2)nc1C(F)(F)F. The van der Waals surface area contributed by atoms with Gasteiger partial charge in [-0.05, 0) is 49.1 Å². The van der Waals surface area contributed by atoms with Crippen LogP contribution >= 0.6 is 0 Å². The van der Waals surface area contributed by atoms with E-state index in [1.54, 1.807) is 30.3 Å². The Hall–Kier alpha value is -4.41. The number of nitrogens with zero attached hydrogens (tertiary/aromatic N) is 4. The smallest absolute Gasteiger partial charge is 0.354 e. The van der Waals surface area contributed by atoms with Crippen LogP contribution in [0.15, 0.2) is 73.1 Å². The van der Waals surface area contributed by atoms with Crippen molar-refractivity contribution in [2.24, 2.45) is 5.92 Å². The minimum atomic E-state index is -4.80. The first-order valence-electron chi connectivity index (χ1n) is 12.2. The monoisotopic (exact) mass is 522 g/mol. The predicted octanol–water partition coefficient (Wildman–Crippen LogP) is 3.73. The summed E-state index contributed by atoms with van der Waals surface area (Å²) >= 11 is 0. The Morgan fingerprint density at radius 1 is 0.868 bits per heavy atom. The van der Waals surface area contributed by atoms with Gasteiger partial charge in [-0.2, -0.15) is 23.4 Å². The molecule has 8 nitrogen and oxygen atoms in total. The topological polar surface area (TPSA) is 93.8 Å². The zero-order valence-corrected chi connectivity index (χ0v) is 20.3. The molecule has 2 aromatic heterocycles. The van der Waals surface area contributed by atoms with Gasteiger partial charge in [0.2, 0.25) is 5.91 Å². The molecule has 1 unspecified atom stereocenters. The first-order valence-corrected chi connectivity index (χ1v) is 12.2. The maximum Gasteiger partial charge on any atom is 0.435 e. The molecule has 1 aliphatic rings. The molecule has 4 aromatic rings. The second kappa shape index (κ2) is 10.5. The Morgan fingerprint density at radius 2 is 1.47 bits per heavy atom. The number of nitrogens with one attached hydrogen (secondary N) is 2. The second-order valence-corrected chi connectivity index (χ2v) is 9.04. The van der Waals surface area contributed by atoms with E-state index < -0.39 is 23.3 Å². The van der Waals surface area contributed by atoms with Crippen LogP contribution in [-0.4, -0.2) is 44.5 Å². The molecule has 0 fully saturated rings. The van der Waals surface area contributed by atoms with Crippen LogP contribution in [0.25, 0.3) is 11.4 Å². The summed E-state index contributed by atoms with van der Waals surface area (Å²) in [4.78, 5) is 25.3. The van der Waals surface area contributed by atoms with Crippen molar-refractivity contribution < 1.29 is 22.8 Å². The lowest BCUT2D eigenvalue weighted by Crippen LogP contribution is -2.39. The third kappa shape index (κ3) is 5.46. The molecule has 11 heteroatoms. The molecule has 0 saturated carbocycles. The lowest BCUT2D eigenvalue weighted by molar-refractivity contribution is -0.141. The van der Waals surface area contributed by atoms with Gasteiger partial charge in [0.05, 0.1) is 22.6 Å². The van der Waals surface area contributed by atoms with E-state index in [1.165, 1.54) is 0 Å². The second-order valence-electron chi connectivity index (χ2n) is 9.04. The lowest BCUT2D eigenvalue weighted by atomic mass is 9.87. The van der Waals surface area contributed by atoms with Gasteiger partial charge in [0.15, 0.2) is 5.69 Å². The van der Waals surface area contributed by atoms with Crippen LogP contribution in [0.1, 0.15) is 33.7 Å². The fraction of sp³-hybridized carbons (Fsp3) is 0.259. The largest absolute Gasteiger partial charge is 0.435 e. The highest BCUT2D eigenvalue weighted by Gasteiger charge is 2.39. The highest BCUT2D eigenvalue weighted by atomic mass is 19.4. The number of para-hydroxylation sites is 2. The zero-order valence-electron chi connectivity index (χ0n) is 20.3. The molecule has 1 aliphatic carbocycles. The molecule has 2 aromatic carbocycles. The van der Waals surface area contributed by atoms with Crippen molar-refractivity contribution in [1.82, 2.24) is 30.2 Å². The standard InChI is InChI=1S/C27H25F3N6O2/c28-27(29,30)24-22(17-36(34-24)21-9-5-2-6-10-21)26(38)32-14-13-31-25(37)18-11-12-23-19(15-18)16-35(33-23)20-7-3-1-4-8-20/h1-10,16-18H,11-15H2,(H,31,37)(H,32,38). The van der Waals surface area contributed by atoms with E-state index in [2.05, 4.69) is 20.8 Å². The summed E-state index contributed by atoms with van der Waals surface area (Å²) in [5.74, 6) is -1.32. The van der Waals surface area contributed by atoms with Crippen molar-refractivity contribution in [2.75, 3.05) is 13.1 Å². The maximum atomic E-state index is 13.5. The number of carbonyl (C=O) groups excluding carboxylic acids is 2. The van der Waals surface area contributed by atoms with Crippen molar-refractivity contribution in [3.05, 3.63) is 95.6 Å². The summed E-state index contributed by atoms with van der Waals surface area (Å²) in [5.41, 5.74) is 1.49. The van der Waals surface area contributed by atoms with Crippen molar-refractivity contribution in [1.29, 1.82) is 0 Å². The van der Waals surface area contributed by atoms with E-state index in [4.69, 9.17) is 0 Å². The Kier molecular flexibility index (Phi) is 6.99. The van der Waals surface area contributed by atoms with Crippen LogP contribution in [0.2, 0.25) is 0 Å². The molecular weight excluding hydrogens is 497 g/mol. The fourth-order valence-electron chi connectivity index (χ4n) is 4.51. The van der Waals surface area contributed by atoms with Crippen molar-refractivity contribution in [2.45, 2.75) is 25.4 Å². The third-order valence-corrected chi connectivity index (χ3v) is 6.42. The molecule has 1 atom stereocenters. The molecule has 2 amide bonds. The molecule has 0 spiro atoms. The number of fused-ring (bicyclic) bond motifs is 1. The average Bonchev–Trinajstić information content (AvgIpc) is 3.57. The molecule has 5 rings (SSSR count). The minimum Gasteiger partial charge on any atom is -0.354 e. The average molecular weight is 523 g/mol. The van der Waals surface area contributed by atoms with Crippen molar-refractivity contribution in [3.8, 4) is 11.4 Å². The van der Waals surface area contributed by atoms with E-state index in [9.17, 15) is 22.8 Å². The number of benzene rings is 2. The molecule has 0 saturated heterocycles. The number of hydrogen-bond acceptors (Lipinski definition) is 4. The van der Waals surface area contributed by atoms with Crippen LogP contribution in [0.4, 0.5) is 13.2 Å². The maximum absolute atomic E-state index is 13.5. The Balaban J connectivity index is 1.15. The summed E-state index contributed by atoms with van der Waals surface area (Å²) in [7, 11) is 0. The van der Waals surface area contributed by atoms with Gasteiger partial charge in [-0.15, -0.1) is 0 Å². The number of carbonyl (C=O) groups is 2. The number of halogens is 3. The molecule has 0 radical (unpaired) electrons. The first kappa shape index (κ1) is 25.2. The van der Waals surface area contributed by atoms with Gasteiger partial charge in [-0.1, -0.05) is 36.4 Å². The van der Waals surface area contributed by atoms with Crippen LogP contribution in [0.5, 0.6) is 0 Å². The first-order chi connectivity index (χ1) is 18.3. The minimum absolute atomic E-state index is 0.0255. The van der Waals surface area contributed by atoms with E-state index in [-0.39, 0.29) is 24.9 Å². The number of amides is 2. The predicted molar refractivity (Wildman–Crippen MR) is 133 cm³/mol. The lowest BCUT2D eigenvalue weighted by Gasteiger charge is -2.20. The molecule has 196 valence electrons. The number of rotatable bonds is 7. The van der Waals surface area contributed by atoms with Crippen LogP contribution in [0, 0.1) is 5.92 Å². The summed E-state index contributed by atoms with van der Waals surface area (Å²) < 4.78 is 43.4. The molecule has 38 heavy (non-hydrogen) atoms. The fourth-order valence-corrected chi connectivity index (χ4v) is 4.51. The number of aryl methyl sites for hydroxylation is 1. The number of alkyl halides is 3. The van der Waals surface area contributed by atoms with Gasteiger partial charge in [0.1, 0.15) is 0 Å². The molecule has 0 bridgehead atoms. The van der Waals surface area contributed by atoms with Gasteiger partial charge >= 0.3 is 6.18 Å². The number of aromatic nitrogens is 4. The normalized spacial score (nSPS) is 15.1. The van der Waals surface area contributed by atoms with Crippen LogP contribution < -0.4 is 10.6 Å². The third-order valence-electron chi connectivity index (χ3n) is 6.42. The van der Waals surface area contributed by atoms with Gasteiger partial charge in [0, 0.05) is 31.4 Å². The quantitative estimate of drug-likeness (QED) is 0.362. The van der Waals surface area contributed by atoms with E-state index in [0.717, 1.165) is 27.8 Å². The summed E-state index contributed by atoms with van der Waals surface area (Å²) in [6.07, 6.45) is 0.0722. The summed E-state index contributed by atoms with van der Waals surface area (Å²) in [6, 6.07) is 17.9. The van der Waals surface area contributed by atoms with Crippen LogP contribution in [-0.2, 0) is 23.8 Å². The van der Waals surface area contributed by atoms with E-state index in [1.807, 2.05) is 41.2 Å². The van der Waals surface area contributed by atoms with Crippen molar-refractivity contribution >= 4 is 11.8 Å². The molecule has 2 N–H and O–H groups in total. The molecular formula is C27H25F3N6O2. The van der Waals surface area contributed by atoms with Crippen molar-refractivity contribution in [3.63, 3.8) is 0 Å². The van der Waals surface area contributed by atoms with Crippen LogP contribution in [0.3, 0.4) is 0 Å². The van der Waals surface area contributed by atoms with E-state index in [0.29, 0.717) is 24.9 Å². The Bertz CT molecular complexity index is 1430. The highest BCUT2D eigenvalue weighted by molar-refractivity contribution is 5.95. The Morgan fingerprint density at radius 3 is 2.11 bits per heavy atom. The highest BCUT2D eigenvalue weighted by Crippen LogP contribution is 2.31. The summed E-state index contributed by atoms with van der Waals surface area (Å²) in [6.45, 7) is 0.0632.